The average Bonchev–Trinajstić information content (AvgIpc) is 3.10. The minimum atomic E-state index is -0.387. The minimum absolute atomic E-state index is 0.0159. The molecule has 7 nitrogen and oxygen atoms in total. The molecule has 1 heterocycles. The topological polar surface area (TPSA) is 79.6 Å². The number of rotatable bonds is 7. The number of aliphatic hydroxyl groups excluding tert-OH is 1. The number of aliphatic hydroxyl groups is 1. The van der Waals surface area contributed by atoms with Gasteiger partial charge in [-0.15, -0.1) is 0 Å². The molecule has 3 atom stereocenters. The summed E-state index contributed by atoms with van der Waals surface area (Å²) < 4.78 is 7.46. The van der Waals surface area contributed by atoms with E-state index < -0.39 is 0 Å². The van der Waals surface area contributed by atoms with E-state index in [0.717, 1.165) is 5.56 Å². The van der Waals surface area contributed by atoms with E-state index in [9.17, 15) is 9.90 Å². The van der Waals surface area contributed by atoms with Crippen LogP contribution < -0.4 is 10.1 Å². The van der Waals surface area contributed by atoms with Crippen LogP contribution in [0.5, 0.6) is 5.75 Å². The Morgan fingerprint density at radius 2 is 2.20 bits per heavy atom. The number of nitrogens with zero attached hydrogens (tertiary/aromatic N) is 3. The number of carbonyl (C=O) groups excluding carboxylic acids is 1. The van der Waals surface area contributed by atoms with Crippen LogP contribution in [0.2, 0.25) is 0 Å². The Labute approximate surface area is 147 Å². The van der Waals surface area contributed by atoms with Crippen molar-refractivity contribution in [1.29, 1.82) is 0 Å². The molecule has 0 bridgehead atoms. The highest BCUT2D eigenvalue weighted by molar-refractivity contribution is 5.77. The van der Waals surface area contributed by atoms with E-state index in [1.54, 1.807) is 25.0 Å². The SMILES string of the molecule is CN(C)C(=O)COc1ccccc1CN[C@H]1C[C@@H](O)[C@@H]1n1cccn1. The first-order valence-electron chi connectivity index (χ1n) is 8.37. The number of benzene rings is 1. The second-order valence-electron chi connectivity index (χ2n) is 6.45. The monoisotopic (exact) mass is 344 g/mol. The van der Waals surface area contributed by atoms with Gasteiger partial charge in [-0.05, 0) is 18.6 Å². The van der Waals surface area contributed by atoms with Crippen molar-refractivity contribution in [3.05, 3.63) is 48.3 Å². The summed E-state index contributed by atoms with van der Waals surface area (Å²) in [5.41, 5.74) is 0.981. The fourth-order valence-electron chi connectivity index (χ4n) is 2.93. The second kappa shape index (κ2) is 7.67. The van der Waals surface area contributed by atoms with Crippen LogP contribution in [0.15, 0.2) is 42.7 Å². The lowest BCUT2D eigenvalue weighted by Crippen LogP contribution is -2.54. The van der Waals surface area contributed by atoms with Crippen molar-refractivity contribution in [2.45, 2.75) is 31.2 Å². The summed E-state index contributed by atoms with van der Waals surface area (Å²) in [6.45, 7) is 0.615. The van der Waals surface area contributed by atoms with E-state index >= 15 is 0 Å². The number of carbonyl (C=O) groups is 1. The van der Waals surface area contributed by atoms with E-state index in [0.29, 0.717) is 18.7 Å². The van der Waals surface area contributed by atoms with Gasteiger partial charge in [0, 0.05) is 44.6 Å². The summed E-state index contributed by atoms with van der Waals surface area (Å²) in [7, 11) is 3.41. The summed E-state index contributed by atoms with van der Waals surface area (Å²) in [6.07, 6.45) is 3.88. The third-order valence-electron chi connectivity index (χ3n) is 4.51. The predicted molar refractivity (Wildman–Crippen MR) is 93.1 cm³/mol. The molecule has 1 amide bonds. The smallest absolute Gasteiger partial charge is 0.259 e. The van der Waals surface area contributed by atoms with E-state index in [1.807, 2.05) is 36.5 Å². The summed E-state index contributed by atoms with van der Waals surface area (Å²) in [5, 5.41) is 17.7. The second-order valence-corrected chi connectivity index (χ2v) is 6.45. The zero-order valence-electron chi connectivity index (χ0n) is 14.5. The summed E-state index contributed by atoms with van der Waals surface area (Å²) in [6, 6.07) is 9.61. The molecule has 3 rings (SSSR count). The molecule has 0 spiro atoms. The number of aromatic nitrogens is 2. The first kappa shape index (κ1) is 17.4. The average molecular weight is 344 g/mol. The van der Waals surface area contributed by atoms with Gasteiger partial charge in [0.25, 0.3) is 5.91 Å². The lowest BCUT2D eigenvalue weighted by atomic mass is 9.83. The highest BCUT2D eigenvalue weighted by atomic mass is 16.5. The number of para-hydroxylation sites is 1. The number of hydrogen-bond acceptors (Lipinski definition) is 5. The Morgan fingerprint density at radius 3 is 2.88 bits per heavy atom. The van der Waals surface area contributed by atoms with E-state index in [-0.39, 0.29) is 30.7 Å². The predicted octanol–water partition coefficient (Wildman–Crippen LogP) is 0.814. The van der Waals surface area contributed by atoms with Crippen LogP contribution in [-0.4, -0.2) is 58.5 Å². The molecule has 0 saturated heterocycles. The molecular weight excluding hydrogens is 320 g/mol. The number of amides is 1. The maximum Gasteiger partial charge on any atom is 0.259 e. The molecule has 134 valence electrons. The molecule has 2 N–H and O–H groups in total. The van der Waals surface area contributed by atoms with Gasteiger partial charge in [0.15, 0.2) is 6.61 Å². The van der Waals surface area contributed by atoms with Gasteiger partial charge in [-0.1, -0.05) is 18.2 Å². The molecule has 1 fully saturated rings. The molecule has 1 saturated carbocycles. The van der Waals surface area contributed by atoms with Crippen LogP contribution in [0.4, 0.5) is 0 Å². The molecule has 7 heteroatoms. The molecule has 0 unspecified atom stereocenters. The third kappa shape index (κ3) is 4.00. The molecule has 0 radical (unpaired) electrons. The number of likely N-dealkylation sites (N-methyl/N-ethyl adjacent to an activating group) is 1. The van der Waals surface area contributed by atoms with Gasteiger partial charge in [-0.25, -0.2) is 0 Å². The van der Waals surface area contributed by atoms with Crippen LogP contribution in [0.3, 0.4) is 0 Å². The zero-order valence-corrected chi connectivity index (χ0v) is 14.5. The quantitative estimate of drug-likeness (QED) is 0.777. The van der Waals surface area contributed by atoms with Gasteiger partial charge in [0.05, 0.1) is 12.1 Å². The molecular formula is C18H24N4O3. The van der Waals surface area contributed by atoms with Crippen molar-refractivity contribution in [2.75, 3.05) is 20.7 Å². The van der Waals surface area contributed by atoms with Gasteiger partial charge in [-0.3, -0.25) is 9.48 Å². The third-order valence-corrected chi connectivity index (χ3v) is 4.51. The van der Waals surface area contributed by atoms with Gasteiger partial charge in [0.1, 0.15) is 5.75 Å². The summed E-state index contributed by atoms with van der Waals surface area (Å²) in [5.74, 6) is 0.615. The standard InChI is InChI=1S/C18H24N4O3/c1-21(2)17(24)12-25-16-7-4-3-6-13(16)11-19-14-10-15(23)18(14)22-9-5-8-20-22/h3-9,14-15,18-19,23H,10-12H2,1-2H3/t14-,15+,18+/m0/s1. The molecule has 0 aliphatic heterocycles. The Bertz CT molecular complexity index is 702. The highest BCUT2D eigenvalue weighted by Gasteiger charge is 2.41. The van der Waals surface area contributed by atoms with Crippen molar-refractivity contribution >= 4 is 5.91 Å². The Balaban J connectivity index is 1.59. The number of ether oxygens (including phenoxy) is 1. The van der Waals surface area contributed by atoms with Crippen molar-refractivity contribution in [3.8, 4) is 5.75 Å². The molecule has 25 heavy (non-hydrogen) atoms. The molecule has 1 aliphatic rings. The van der Waals surface area contributed by atoms with E-state index in [2.05, 4.69) is 10.4 Å². The zero-order chi connectivity index (χ0) is 17.8. The summed E-state index contributed by atoms with van der Waals surface area (Å²) in [4.78, 5) is 13.2. The molecule has 1 aromatic heterocycles. The highest BCUT2D eigenvalue weighted by Crippen LogP contribution is 2.32. The van der Waals surface area contributed by atoms with Crippen LogP contribution in [0.1, 0.15) is 18.0 Å². The maximum absolute atomic E-state index is 11.7. The van der Waals surface area contributed by atoms with E-state index in [1.165, 1.54) is 4.90 Å². The van der Waals surface area contributed by atoms with Crippen molar-refractivity contribution < 1.29 is 14.6 Å². The summed E-state index contributed by atoms with van der Waals surface area (Å²) >= 11 is 0. The van der Waals surface area contributed by atoms with Crippen molar-refractivity contribution in [1.82, 2.24) is 20.0 Å². The first-order valence-corrected chi connectivity index (χ1v) is 8.37. The molecule has 1 aromatic carbocycles. The van der Waals surface area contributed by atoms with Crippen molar-refractivity contribution in [2.24, 2.45) is 0 Å². The molecule has 2 aromatic rings. The largest absolute Gasteiger partial charge is 0.483 e. The first-order chi connectivity index (χ1) is 12.1. The fraction of sp³-hybridized carbons (Fsp3) is 0.444. The van der Waals surface area contributed by atoms with Crippen LogP contribution in [0, 0.1) is 0 Å². The van der Waals surface area contributed by atoms with Gasteiger partial charge >= 0.3 is 0 Å². The van der Waals surface area contributed by atoms with Crippen LogP contribution >= 0.6 is 0 Å². The van der Waals surface area contributed by atoms with Gasteiger partial charge in [0.2, 0.25) is 0 Å². The lowest BCUT2D eigenvalue weighted by Gasteiger charge is -2.42. The van der Waals surface area contributed by atoms with Gasteiger partial charge in [-0.2, -0.15) is 5.10 Å². The minimum Gasteiger partial charge on any atom is -0.483 e. The van der Waals surface area contributed by atoms with Crippen LogP contribution in [-0.2, 0) is 11.3 Å². The Hall–Kier alpha value is -2.38. The number of hydrogen-bond donors (Lipinski definition) is 2. The van der Waals surface area contributed by atoms with Crippen LogP contribution in [0.25, 0.3) is 0 Å². The Kier molecular flexibility index (Phi) is 5.35. The number of nitrogens with one attached hydrogen (secondary N) is 1. The Morgan fingerprint density at radius 1 is 1.40 bits per heavy atom. The fourth-order valence-corrected chi connectivity index (χ4v) is 2.93. The normalized spacial score (nSPS) is 22.3. The lowest BCUT2D eigenvalue weighted by molar-refractivity contribution is -0.130. The maximum atomic E-state index is 11.7. The van der Waals surface area contributed by atoms with E-state index in [4.69, 9.17) is 4.74 Å². The van der Waals surface area contributed by atoms with Crippen molar-refractivity contribution in [3.63, 3.8) is 0 Å². The molecule has 1 aliphatic carbocycles. The van der Waals surface area contributed by atoms with Gasteiger partial charge < -0.3 is 20.1 Å².